The number of hydrogen-bond donors (Lipinski definition) is 2. The molecule has 53 heavy (non-hydrogen) atoms. The van der Waals surface area contributed by atoms with Gasteiger partial charge in [0.1, 0.15) is 6.61 Å². The summed E-state index contributed by atoms with van der Waals surface area (Å²) >= 11 is 0. The Morgan fingerprint density at radius 2 is 1.51 bits per heavy atom. The molecule has 0 atom stereocenters. The van der Waals surface area contributed by atoms with Crippen LogP contribution in [0.4, 0.5) is 10.5 Å². The van der Waals surface area contributed by atoms with Crippen LogP contribution < -0.4 is 4.72 Å². The van der Waals surface area contributed by atoms with Crippen LogP contribution in [0.15, 0.2) is 91.0 Å². The Labute approximate surface area is 313 Å². The molecule has 0 unspecified atom stereocenters. The number of nitrogens with one attached hydrogen (secondary N) is 2. The van der Waals surface area contributed by atoms with Gasteiger partial charge in [-0.1, -0.05) is 65.7 Å². The number of hydrogen-bond acceptors (Lipinski definition) is 6. The predicted molar refractivity (Wildman–Crippen MR) is 213 cm³/mol. The standard InChI is InChI=1S/C43H51N3O6S/c1-7-51-41(47)43(4,5)35-18-21-39-38(28-35)37(40(44-39)34-26-30(2)25-31(3)27-34)22-24-46(42(48)52-29-33-14-9-8-10-15-33)23-12-11-13-32-16-19-36(20-17-32)45-53(6,49)50/h8-10,14-21,25-28,44-45H,7,11-13,22-24,29H2,1-6H3. The second-order valence-electron chi connectivity index (χ2n) is 14.3. The lowest BCUT2D eigenvalue weighted by Gasteiger charge is -2.24. The second-order valence-corrected chi connectivity index (χ2v) is 16.0. The zero-order chi connectivity index (χ0) is 38.2. The van der Waals surface area contributed by atoms with Crippen molar-refractivity contribution in [3.63, 3.8) is 0 Å². The van der Waals surface area contributed by atoms with Crippen molar-refractivity contribution in [1.29, 1.82) is 0 Å². The number of aromatic amines is 1. The van der Waals surface area contributed by atoms with E-state index >= 15 is 0 Å². The number of H-pyrrole nitrogens is 1. The summed E-state index contributed by atoms with van der Waals surface area (Å²) in [6, 6.07) is 29.6. The molecule has 0 aliphatic heterocycles. The van der Waals surface area contributed by atoms with Crippen molar-refractivity contribution in [2.75, 3.05) is 30.7 Å². The SMILES string of the molecule is CCOC(=O)C(C)(C)c1ccc2[nH]c(-c3cc(C)cc(C)c3)c(CCN(CCCCc3ccc(NS(C)(=O)=O)cc3)C(=O)OCc3ccccc3)c2c1. The number of anilines is 1. The van der Waals surface area contributed by atoms with Crippen molar-refractivity contribution in [3.8, 4) is 11.3 Å². The zero-order valence-corrected chi connectivity index (χ0v) is 32.4. The van der Waals surface area contributed by atoms with Crippen LogP contribution in [-0.4, -0.2) is 56.3 Å². The fourth-order valence-corrected chi connectivity index (χ4v) is 7.19. The smallest absolute Gasteiger partial charge is 0.410 e. The Morgan fingerprint density at radius 3 is 2.17 bits per heavy atom. The Bertz CT molecular complexity index is 2120. The van der Waals surface area contributed by atoms with E-state index in [1.54, 1.807) is 17.0 Å². The highest BCUT2D eigenvalue weighted by atomic mass is 32.2. The number of carbonyl (C=O) groups is 2. The number of unbranched alkanes of at least 4 members (excludes halogenated alkanes) is 1. The van der Waals surface area contributed by atoms with Crippen molar-refractivity contribution in [2.24, 2.45) is 0 Å². The molecule has 1 amide bonds. The molecule has 5 aromatic rings. The van der Waals surface area contributed by atoms with Gasteiger partial charge >= 0.3 is 12.1 Å². The summed E-state index contributed by atoms with van der Waals surface area (Å²) in [5.41, 5.74) is 8.91. The van der Waals surface area contributed by atoms with Gasteiger partial charge in [-0.15, -0.1) is 0 Å². The minimum absolute atomic E-state index is 0.178. The average Bonchev–Trinajstić information content (AvgIpc) is 3.48. The number of carbonyl (C=O) groups excluding carboxylic acids is 2. The quantitative estimate of drug-likeness (QED) is 0.0772. The molecular weight excluding hydrogens is 687 g/mol. The molecule has 0 radical (unpaired) electrons. The fourth-order valence-electron chi connectivity index (χ4n) is 6.63. The largest absolute Gasteiger partial charge is 0.465 e. The zero-order valence-electron chi connectivity index (χ0n) is 31.6. The summed E-state index contributed by atoms with van der Waals surface area (Å²) in [5, 5.41) is 1.00. The Balaban J connectivity index is 1.41. The molecule has 5 rings (SSSR count). The van der Waals surface area contributed by atoms with Crippen LogP contribution in [0, 0.1) is 13.8 Å². The second kappa shape index (κ2) is 17.2. The van der Waals surface area contributed by atoms with E-state index in [1.165, 1.54) is 0 Å². The van der Waals surface area contributed by atoms with Crippen LogP contribution in [-0.2, 0) is 49.2 Å². The van der Waals surface area contributed by atoms with E-state index in [1.807, 2.05) is 75.4 Å². The van der Waals surface area contributed by atoms with E-state index < -0.39 is 15.4 Å². The van der Waals surface area contributed by atoms with Crippen molar-refractivity contribution in [3.05, 3.63) is 124 Å². The maximum atomic E-state index is 13.7. The van der Waals surface area contributed by atoms with Gasteiger partial charge < -0.3 is 19.4 Å². The highest BCUT2D eigenvalue weighted by Crippen LogP contribution is 2.35. The number of sulfonamides is 1. The van der Waals surface area contributed by atoms with Crippen LogP contribution >= 0.6 is 0 Å². The maximum Gasteiger partial charge on any atom is 0.410 e. The highest BCUT2D eigenvalue weighted by Gasteiger charge is 2.32. The first-order valence-corrected chi connectivity index (χ1v) is 20.1. The number of esters is 1. The number of benzene rings is 4. The van der Waals surface area contributed by atoms with E-state index in [9.17, 15) is 18.0 Å². The summed E-state index contributed by atoms with van der Waals surface area (Å²) in [4.78, 5) is 32.2. The van der Waals surface area contributed by atoms with Crippen molar-refractivity contribution in [1.82, 2.24) is 9.88 Å². The molecule has 0 aliphatic rings. The molecule has 0 bridgehead atoms. The molecule has 4 aromatic carbocycles. The monoisotopic (exact) mass is 737 g/mol. The third kappa shape index (κ3) is 10.5. The lowest BCUT2D eigenvalue weighted by atomic mass is 9.83. The molecule has 0 saturated heterocycles. The van der Waals surface area contributed by atoms with Gasteiger partial charge in [-0.3, -0.25) is 9.52 Å². The Hall–Kier alpha value is -5.09. The minimum atomic E-state index is -3.34. The molecule has 9 nitrogen and oxygen atoms in total. The predicted octanol–water partition coefficient (Wildman–Crippen LogP) is 8.87. The van der Waals surface area contributed by atoms with E-state index in [4.69, 9.17) is 9.47 Å². The summed E-state index contributed by atoms with van der Waals surface area (Å²) < 4.78 is 36.9. The molecule has 0 saturated carbocycles. The number of nitrogens with zero attached hydrogens (tertiary/aromatic N) is 1. The van der Waals surface area contributed by atoms with Gasteiger partial charge in [0.05, 0.1) is 18.3 Å². The van der Waals surface area contributed by atoms with E-state index in [-0.39, 0.29) is 18.7 Å². The van der Waals surface area contributed by atoms with Gasteiger partial charge in [-0.25, -0.2) is 13.2 Å². The lowest BCUT2D eigenvalue weighted by molar-refractivity contribution is -0.148. The molecule has 2 N–H and O–H groups in total. The Morgan fingerprint density at radius 1 is 0.811 bits per heavy atom. The summed E-state index contributed by atoms with van der Waals surface area (Å²) in [5.74, 6) is -0.278. The van der Waals surface area contributed by atoms with Crippen molar-refractivity contribution < 1.29 is 27.5 Å². The molecule has 1 aromatic heterocycles. The third-order valence-corrected chi connectivity index (χ3v) is 10.0. The van der Waals surface area contributed by atoms with Gasteiger partial charge in [0, 0.05) is 35.4 Å². The highest BCUT2D eigenvalue weighted by molar-refractivity contribution is 7.92. The molecular formula is C43H51N3O6S. The molecule has 0 spiro atoms. The van der Waals surface area contributed by atoms with Gasteiger partial charge in [-0.05, 0) is 125 Å². The van der Waals surface area contributed by atoms with Crippen LogP contribution in [0.5, 0.6) is 0 Å². The minimum Gasteiger partial charge on any atom is -0.465 e. The molecule has 1 heterocycles. The van der Waals surface area contributed by atoms with Crippen molar-refractivity contribution in [2.45, 2.75) is 72.3 Å². The first-order chi connectivity index (χ1) is 25.2. The van der Waals surface area contributed by atoms with Gasteiger partial charge in [0.25, 0.3) is 0 Å². The third-order valence-electron chi connectivity index (χ3n) is 9.42. The van der Waals surface area contributed by atoms with E-state index in [2.05, 4.69) is 47.8 Å². The summed E-state index contributed by atoms with van der Waals surface area (Å²) in [7, 11) is -3.34. The van der Waals surface area contributed by atoms with Gasteiger partial charge in [0.15, 0.2) is 0 Å². The van der Waals surface area contributed by atoms with Gasteiger partial charge in [0.2, 0.25) is 10.0 Å². The van der Waals surface area contributed by atoms with Crippen LogP contribution in [0.2, 0.25) is 0 Å². The molecule has 280 valence electrons. The maximum absolute atomic E-state index is 13.7. The Kier molecular flexibility index (Phi) is 12.7. The topological polar surface area (TPSA) is 118 Å². The van der Waals surface area contributed by atoms with Crippen LogP contribution in [0.25, 0.3) is 22.2 Å². The molecule has 0 fully saturated rings. The summed E-state index contributed by atoms with van der Waals surface area (Å²) in [6.45, 7) is 11.2. The van der Waals surface area contributed by atoms with Crippen molar-refractivity contribution >= 4 is 38.7 Å². The first kappa shape index (κ1) is 39.1. The number of ether oxygens (including phenoxy) is 2. The van der Waals surface area contributed by atoms with E-state index in [0.29, 0.717) is 31.8 Å². The fraction of sp³-hybridized carbons (Fsp3) is 0.349. The number of amides is 1. The normalized spacial score (nSPS) is 11.7. The van der Waals surface area contributed by atoms with Gasteiger partial charge in [-0.2, -0.15) is 0 Å². The number of rotatable bonds is 16. The van der Waals surface area contributed by atoms with Crippen LogP contribution in [0.1, 0.15) is 67.0 Å². The molecule has 10 heteroatoms. The first-order valence-electron chi connectivity index (χ1n) is 18.2. The number of aromatic nitrogens is 1. The van der Waals surface area contributed by atoms with Crippen LogP contribution in [0.3, 0.4) is 0 Å². The van der Waals surface area contributed by atoms with E-state index in [0.717, 1.165) is 81.1 Å². The lowest BCUT2D eigenvalue weighted by Crippen LogP contribution is -2.34. The summed E-state index contributed by atoms with van der Waals surface area (Å²) in [6.07, 6.45) is 3.67. The molecule has 0 aliphatic carbocycles. The number of aryl methyl sites for hydroxylation is 3. The number of fused-ring (bicyclic) bond motifs is 1. The average molecular weight is 738 g/mol.